The van der Waals surface area contributed by atoms with Crippen LogP contribution in [-0.4, -0.2) is 55.1 Å². The van der Waals surface area contributed by atoms with Crippen molar-refractivity contribution >= 4 is 33.0 Å². The van der Waals surface area contributed by atoms with E-state index in [1.165, 1.54) is 18.4 Å². The van der Waals surface area contributed by atoms with Crippen molar-refractivity contribution in [2.24, 2.45) is 0 Å². The molecule has 8 heteroatoms. The summed E-state index contributed by atoms with van der Waals surface area (Å²) in [5.41, 5.74) is 2.56. The summed E-state index contributed by atoms with van der Waals surface area (Å²) in [5, 5.41) is 12.9. The van der Waals surface area contributed by atoms with Crippen LogP contribution >= 0.6 is 12.2 Å². The number of aliphatic hydroxyl groups is 1. The zero-order valence-corrected chi connectivity index (χ0v) is 17.3. The second-order valence-corrected chi connectivity index (χ2v) is 8.86. The number of sulfonamides is 1. The fraction of sp³-hybridized carbons (Fsp3) is 0.316. The molecule has 6 nitrogen and oxygen atoms in total. The van der Waals surface area contributed by atoms with Crippen molar-refractivity contribution < 1.29 is 13.5 Å². The molecule has 27 heavy (non-hydrogen) atoms. The van der Waals surface area contributed by atoms with Crippen molar-refractivity contribution in [3.63, 3.8) is 0 Å². The second kappa shape index (κ2) is 9.27. The SMILES string of the molecule is Cc1ccc(S(=O)(=O)N(C)C)cc1NC(=S)N(CCO)Cc1ccccc1. The molecular formula is C19H25N3O3S2. The monoisotopic (exact) mass is 407 g/mol. The molecule has 0 unspecified atom stereocenters. The second-order valence-electron chi connectivity index (χ2n) is 6.33. The Labute approximate surface area is 166 Å². The zero-order chi connectivity index (χ0) is 20.0. The van der Waals surface area contributed by atoms with Gasteiger partial charge in [-0.1, -0.05) is 36.4 Å². The number of aliphatic hydroxyl groups excluding tert-OH is 1. The fourth-order valence-corrected chi connectivity index (χ4v) is 3.67. The normalized spacial score (nSPS) is 11.4. The average Bonchev–Trinajstić information content (AvgIpc) is 2.63. The van der Waals surface area contributed by atoms with Crippen LogP contribution in [0, 0.1) is 6.92 Å². The summed E-state index contributed by atoms with van der Waals surface area (Å²) in [4.78, 5) is 2.04. The first-order valence-corrected chi connectivity index (χ1v) is 10.3. The lowest BCUT2D eigenvalue weighted by Gasteiger charge is -2.26. The van der Waals surface area contributed by atoms with Gasteiger partial charge in [-0.15, -0.1) is 0 Å². The Morgan fingerprint density at radius 3 is 2.41 bits per heavy atom. The van der Waals surface area contributed by atoms with Crippen LogP contribution in [0.3, 0.4) is 0 Å². The van der Waals surface area contributed by atoms with Crippen LogP contribution in [0.2, 0.25) is 0 Å². The van der Waals surface area contributed by atoms with Crippen molar-refractivity contribution in [1.82, 2.24) is 9.21 Å². The van der Waals surface area contributed by atoms with Crippen molar-refractivity contribution in [2.75, 3.05) is 32.6 Å². The van der Waals surface area contributed by atoms with Gasteiger partial charge in [0, 0.05) is 32.9 Å². The molecule has 0 radical (unpaired) electrons. The highest BCUT2D eigenvalue weighted by Gasteiger charge is 2.19. The van der Waals surface area contributed by atoms with Gasteiger partial charge < -0.3 is 15.3 Å². The number of nitrogens with zero attached hydrogens (tertiary/aromatic N) is 2. The third kappa shape index (κ3) is 5.49. The molecular weight excluding hydrogens is 382 g/mol. The average molecular weight is 408 g/mol. The van der Waals surface area contributed by atoms with Gasteiger partial charge in [-0.2, -0.15) is 0 Å². The van der Waals surface area contributed by atoms with Gasteiger partial charge >= 0.3 is 0 Å². The first kappa shape index (κ1) is 21.3. The van der Waals surface area contributed by atoms with E-state index < -0.39 is 10.0 Å². The van der Waals surface area contributed by atoms with Crippen molar-refractivity contribution in [2.45, 2.75) is 18.4 Å². The highest BCUT2D eigenvalue weighted by atomic mass is 32.2. The Morgan fingerprint density at radius 1 is 1.15 bits per heavy atom. The molecule has 0 heterocycles. The Balaban J connectivity index is 2.24. The van der Waals surface area contributed by atoms with E-state index >= 15 is 0 Å². The van der Waals surface area contributed by atoms with E-state index in [9.17, 15) is 13.5 Å². The maximum atomic E-state index is 12.4. The van der Waals surface area contributed by atoms with E-state index in [4.69, 9.17) is 12.2 Å². The molecule has 0 aromatic heterocycles. The molecule has 0 aliphatic carbocycles. The molecule has 0 amide bonds. The number of thiocarbonyl (C=S) groups is 1. The van der Waals surface area contributed by atoms with Crippen molar-refractivity contribution in [3.8, 4) is 0 Å². The molecule has 0 atom stereocenters. The summed E-state index contributed by atoms with van der Waals surface area (Å²) < 4.78 is 25.9. The smallest absolute Gasteiger partial charge is 0.242 e. The summed E-state index contributed by atoms with van der Waals surface area (Å²) in [5.74, 6) is 0. The number of anilines is 1. The lowest BCUT2D eigenvalue weighted by molar-refractivity contribution is 0.248. The quantitative estimate of drug-likeness (QED) is 0.687. The zero-order valence-electron chi connectivity index (χ0n) is 15.7. The standard InChI is InChI=1S/C19H25N3O3S2/c1-15-9-10-17(27(24,25)21(2)3)13-18(15)20-19(26)22(11-12-23)14-16-7-5-4-6-8-16/h4-10,13,23H,11-12,14H2,1-3H3,(H,20,26). The highest BCUT2D eigenvalue weighted by molar-refractivity contribution is 7.89. The predicted molar refractivity (Wildman–Crippen MR) is 112 cm³/mol. The molecule has 0 spiro atoms. The Morgan fingerprint density at radius 2 is 1.81 bits per heavy atom. The van der Waals surface area contributed by atoms with Gasteiger partial charge in [0.2, 0.25) is 10.0 Å². The third-order valence-corrected chi connectivity index (χ3v) is 6.27. The summed E-state index contributed by atoms with van der Waals surface area (Å²) in [6.45, 7) is 2.75. The molecule has 2 rings (SSSR count). The molecule has 2 N–H and O–H groups in total. The van der Waals surface area contributed by atoms with Crippen LogP contribution in [0.4, 0.5) is 5.69 Å². The molecule has 0 saturated carbocycles. The lowest BCUT2D eigenvalue weighted by Crippen LogP contribution is -2.36. The van der Waals surface area contributed by atoms with Crippen molar-refractivity contribution in [3.05, 3.63) is 59.7 Å². The molecule has 0 bridgehead atoms. The largest absolute Gasteiger partial charge is 0.395 e. The van der Waals surface area contributed by atoms with Crippen LogP contribution in [0.15, 0.2) is 53.4 Å². The minimum atomic E-state index is -3.53. The lowest BCUT2D eigenvalue weighted by atomic mass is 10.2. The van der Waals surface area contributed by atoms with Gasteiger partial charge in [-0.3, -0.25) is 0 Å². The van der Waals surface area contributed by atoms with Gasteiger partial charge in [0.25, 0.3) is 0 Å². The third-order valence-electron chi connectivity index (χ3n) is 4.10. The molecule has 2 aromatic carbocycles. The van der Waals surface area contributed by atoms with Crippen LogP contribution in [0.5, 0.6) is 0 Å². The van der Waals surface area contributed by atoms with Gasteiger partial charge in [-0.05, 0) is 42.4 Å². The molecule has 0 aliphatic heterocycles. The summed E-state index contributed by atoms with van der Waals surface area (Å²) in [6.07, 6.45) is 0. The van der Waals surface area contributed by atoms with Crippen LogP contribution in [0.1, 0.15) is 11.1 Å². The Kier molecular flexibility index (Phi) is 7.32. The maximum absolute atomic E-state index is 12.4. The number of rotatable bonds is 7. The first-order chi connectivity index (χ1) is 12.8. The molecule has 0 fully saturated rings. The van der Waals surface area contributed by atoms with Gasteiger partial charge in [-0.25, -0.2) is 12.7 Å². The van der Waals surface area contributed by atoms with E-state index in [-0.39, 0.29) is 11.5 Å². The Bertz CT molecular complexity index is 884. The molecule has 0 saturated heterocycles. The van der Waals surface area contributed by atoms with Crippen LogP contribution < -0.4 is 5.32 Å². The molecule has 2 aromatic rings. The van der Waals surface area contributed by atoms with E-state index in [0.29, 0.717) is 23.9 Å². The van der Waals surface area contributed by atoms with Crippen molar-refractivity contribution in [1.29, 1.82) is 0 Å². The van der Waals surface area contributed by atoms with E-state index in [2.05, 4.69) is 5.32 Å². The van der Waals surface area contributed by atoms with E-state index in [1.54, 1.807) is 18.2 Å². The summed E-state index contributed by atoms with van der Waals surface area (Å²) >= 11 is 5.51. The number of aryl methyl sites for hydroxylation is 1. The van der Waals surface area contributed by atoms with E-state index in [1.807, 2.05) is 42.2 Å². The number of hydrogen-bond acceptors (Lipinski definition) is 4. The van der Waals surface area contributed by atoms with Gasteiger partial charge in [0.05, 0.1) is 11.5 Å². The van der Waals surface area contributed by atoms with Gasteiger partial charge in [0.1, 0.15) is 0 Å². The van der Waals surface area contributed by atoms with Crippen LogP contribution in [0.25, 0.3) is 0 Å². The maximum Gasteiger partial charge on any atom is 0.242 e. The summed E-state index contributed by atoms with van der Waals surface area (Å²) in [6, 6.07) is 14.7. The summed E-state index contributed by atoms with van der Waals surface area (Å²) in [7, 11) is -0.543. The van der Waals surface area contributed by atoms with Gasteiger partial charge in [0.15, 0.2) is 5.11 Å². The minimum absolute atomic E-state index is 0.0390. The number of nitrogens with one attached hydrogen (secondary N) is 1. The van der Waals surface area contributed by atoms with Crippen LogP contribution in [-0.2, 0) is 16.6 Å². The fourth-order valence-electron chi connectivity index (χ4n) is 2.48. The topological polar surface area (TPSA) is 72.9 Å². The highest BCUT2D eigenvalue weighted by Crippen LogP contribution is 2.22. The molecule has 0 aliphatic rings. The number of hydrogen-bond donors (Lipinski definition) is 2. The predicted octanol–water partition coefficient (Wildman–Crippen LogP) is 2.44. The Hall–Kier alpha value is -2.00. The molecule has 146 valence electrons. The minimum Gasteiger partial charge on any atom is -0.395 e. The first-order valence-electron chi connectivity index (χ1n) is 8.49. The van der Waals surface area contributed by atoms with E-state index in [0.717, 1.165) is 11.1 Å². The number of benzene rings is 2.